The van der Waals surface area contributed by atoms with E-state index in [2.05, 4.69) is 16.8 Å². The number of sulfone groups is 1. The number of hydrogen-bond acceptors (Lipinski definition) is 5. The Morgan fingerprint density at radius 2 is 1.93 bits per heavy atom. The van der Waals surface area contributed by atoms with Crippen LogP contribution >= 0.6 is 11.6 Å². The van der Waals surface area contributed by atoms with Crippen molar-refractivity contribution in [3.8, 4) is 0 Å². The van der Waals surface area contributed by atoms with Crippen molar-refractivity contribution in [1.82, 2.24) is 14.7 Å². The lowest BCUT2D eigenvalue weighted by molar-refractivity contribution is 0.0387. The van der Waals surface area contributed by atoms with Gasteiger partial charge in [0.25, 0.3) is 5.91 Å². The average molecular weight is 430 g/mol. The Hall–Kier alpha value is -1.22. The lowest BCUT2D eigenvalue weighted by Gasteiger charge is -2.51. The van der Waals surface area contributed by atoms with Crippen molar-refractivity contribution in [3.05, 3.63) is 34.6 Å². The Kier molecular flexibility index (Phi) is 5.18. The SMILES string of the molecule is CN1CCN(CC2CCS(=O)(=O)C23CN(C(=O)c2cc(Cl)ccc2F)C3)CC1. The van der Waals surface area contributed by atoms with Crippen LogP contribution in [0.25, 0.3) is 0 Å². The molecule has 154 valence electrons. The van der Waals surface area contributed by atoms with Crippen molar-refractivity contribution >= 4 is 27.3 Å². The third-order valence-electron chi connectivity index (χ3n) is 6.54. The molecule has 0 N–H and O–H groups in total. The monoisotopic (exact) mass is 429 g/mol. The molecule has 9 heteroatoms. The lowest BCUT2D eigenvalue weighted by atomic mass is 9.82. The summed E-state index contributed by atoms with van der Waals surface area (Å²) in [6, 6.07) is 3.85. The number of nitrogens with zero attached hydrogens (tertiary/aromatic N) is 3. The van der Waals surface area contributed by atoms with Crippen LogP contribution in [0.2, 0.25) is 5.02 Å². The van der Waals surface area contributed by atoms with Gasteiger partial charge in [-0.05, 0) is 37.6 Å². The first-order chi connectivity index (χ1) is 13.2. The number of piperazine rings is 1. The second-order valence-corrected chi connectivity index (χ2v) is 11.1. The first-order valence-corrected chi connectivity index (χ1v) is 11.6. The molecule has 28 heavy (non-hydrogen) atoms. The van der Waals surface area contributed by atoms with Crippen LogP contribution in [-0.2, 0) is 9.84 Å². The molecule has 3 aliphatic heterocycles. The van der Waals surface area contributed by atoms with Crippen LogP contribution in [-0.4, -0.2) is 92.4 Å². The van der Waals surface area contributed by atoms with E-state index in [0.29, 0.717) is 6.42 Å². The minimum atomic E-state index is -3.28. The minimum absolute atomic E-state index is 0.00849. The van der Waals surface area contributed by atoms with E-state index in [1.165, 1.54) is 17.0 Å². The van der Waals surface area contributed by atoms with Crippen LogP contribution in [0.3, 0.4) is 0 Å². The fourth-order valence-corrected chi connectivity index (χ4v) is 7.23. The highest BCUT2D eigenvalue weighted by Gasteiger charge is 2.62. The van der Waals surface area contributed by atoms with E-state index in [1.54, 1.807) is 0 Å². The van der Waals surface area contributed by atoms with Gasteiger partial charge in [-0.15, -0.1) is 0 Å². The Morgan fingerprint density at radius 3 is 2.61 bits per heavy atom. The van der Waals surface area contributed by atoms with E-state index >= 15 is 0 Å². The number of likely N-dealkylation sites (N-methyl/N-ethyl adjacent to an activating group) is 1. The number of benzene rings is 1. The van der Waals surface area contributed by atoms with Crippen LogP contribution in [0, 0.1) is 11.7 Å². The first kappa shape index (κ1) is 20.1. The summed E-state index contributed by atoms with van der Waals surface area (Å²) >= 11 is 5.89. The zero-order valence-electron chi connectivity index (χ0n) is 15.9. The third kappa shape index (κ3) is 3.34. The summed E-state index contributed by atoms with van der Waals surface area (Å²) in [4.78, 5) is 18.7. The smallest absolute Gasteiger partial charge is 0.256 e. The fraction of sp³-hybridized carbons (Fsp3) is 0.632. The Bertz CT molecular complexity index is 880. The van der Waals surface area contributed by atoms with E-state index in [1.807, 2.05) is 0 Å². The summed E-state index contributed by atoms with van der Waals surface area (Å²) in [7, 11) is -1.19. The number of amides is 1. The van der Waals surface area contributed by atoms with Gasteiger partial charge < -0.3 is 14.7 Å². The van der Waals surface area contributed by atoms with Gasteiger partial charge in [-0.3, -0.25) is 4.79 Å². The summed E-state index contributed by atoms with van der Waals surface area (Å²) in [5, 5.41) is 0.279. The molecule has 3 aliphatic rings. The molecule has 0 radical (unpaired) electrons. The largest absolute Gasteiger partial charge is 0.335 e. The predicted molar refractivity (Wildman–Crippen MR) is 106 cm³/mol. The van der Waals surface area contributed by atoms with E-state index < -0.39 is 26.3 Å². The maximum Gasteiger partial charge on any atom is 0.256 e. The fourth-order valence-electron chi connectivity index (χ4n) is 4.65. The standard InChI is InChI=1S/C19H25ClFN3O3S/c1-22-5-7-23(8-6-22)11-14-4-9-28(26,27)19(14)12-24(13-19)18(25)16-10-15(20)2-3-17(16)21/h2-3,10,14H,4-9,11-13H2,1H3. The van der Waals surface area contributed by atoms with E-state index in [0.717, 1.165) is 38.8 Å². The van der Waals surface area contributed by atoms with E-state index in [9.17, 15) is 17.6 Å². The predicted octanol–water partition coefficient (Wildman–Crippen LogP) is 1.36. The second-order valence-electron chi connectivity index (χ2n) is 8.26. The molecule has 0 aromatic heterocycles. The minimum Gasteiger partial charge on any atom is -0.335 e. The summed E-state index contributed by atoms with van der Waals surface area (Å²) in [5.41, 5.74) is -0.103. The van der Waals surface area contributed by atoms with Crippen LogP contribution in [0.4, 0.5) is 4.39 Å². The number of hydrogen-bond donors (Lipinski definition) is 0. The number of halogens is 2. The molecule has 1 aromatic carbocycles. The molecule has 1 unspecified atom stereocenters. The van der Waals surface area contributed by atoms with Gasteiger partial charge in [-0.25, -0.2) is 12.8 Å². The van der Waals surface area contributed by atoms with Crippen molar-refractivity contribution in [2.45, 2.75) is 11.2 Å². The lowest BCUT2D eigenvalue weighted by Crippen LogP contribution is -2.69. The summed E-state index contributed by atoms with van der Waals surface area (Å²) in [6.07, 6.45) is 0.627. The maximum atomic E-state index is 14.0. The second kappa shape index (κ2) is 7.23. The molecule has 0 bridgehead atoms. The maximum absolute atomic E-state index is 14.0. The topological polar surface area (TPSA) is 60.9 Å². The molecule has 1 spiro atoms. The number of carbonyl (C=O) groups is 1. The Balaban J connectivity index is 1.49. The zero-order valence-corrected chi connectivity index (χ0v) is 17.5. The molecule has 3 heterocycles. The van der Waals surface area contributed by atoms with Gasteiger partial charge in [0, 0.05) is 50.8 Å². The van der Waals surface area contributed by atoms with Crippen molar-refractivity contribution < 1.29 is 17.6 Å². The molecular weight excluding hydrogens is 405 g/mol. The average Bonchev–Trinajstić information content (AvgIpc) is 2.88. The Morgan fingerprint density at radius 1 is 1.25 bits per heavy atom. The van der Waals surface area contributed by atoms with Crippen molar-refractivity contribution in [1.29, 1.82) is 0 Å². The summed E-state index contributed by atoms with van der Waals surface area (Å²) in [6.45, 7) is 4.83. The van der Waals surface area contributed by atoms with Gasteiger partial charge in [0.15, 0.2) is 9.84 Å². The highest BCUT2D eigenvalue weighted by Crippen LogP contribution is 2.45. The molecule has 0 aliphatic carbocycles. The number of rotatable bonds is 3. The van der Waals surface area contributed by atoms with Crippen LogP contribution < -0.4 is 0 Å². The number of carbonyl (C=O) groups excluding carboxylic acids is 1. The van der Waals surface area contributed by atoms with E-state index in [4.69, 9.17) is 11.6 Å². The van der Waals surface area contributed by atoms with Gasteiger partial charge in [0.2, 0.25) is 0 Å². The van der Waals surface area contributed by atoms with Gasteiger partial charge >= 0.3 is 0 Å². The van der Waals surface area contributed by atoms with Crippen molar-refractivity contribution in [2.24, 2.45) is 5.92 Å². The number of likely N-dealkylation sites (tertiary alicyclic amines) is 1. The first-order valence-electron chi connectivity index (χ1n) is 9.59. The molecule has 1 aromatic rings. The van der Waals surface area contributed by atoms with Crippen LogP contribution in [0.15, 0.2) is 18.2 Å². The third-order valence-corrected chi connectivity index (χ3v) is 9.37. The molecular formula is C19H25ClFN3O3S. The van der Waals surface area contributed by atoms with Crippen LogP contribution in [0.5, 0.6) is 0 Å². The van der Waals surface area contributed by atoms with Crippen LogP contribution in [0.1, 0.15) is 16.8 Å². The summed E-state index contributed by atoms with van der Waals surface area (Å²) < 4.78 is 38.8. The molecule has 3 saturated heterocycles. The highest BCUT2D eigenvalue weighted by molar-refractivity contribution is 7.93. The van der Waals surface area contributed by atoms with Crippen molar-refractivity contribution in [3.63, 3.8) is 0 Å². The Labute approximate surface area is 170 Å². The highest BCUT2D eigenvalue weighted by atomic mass is 35.5. The molecule has 4 rings (SSSR count). The quantitative estimate of drug-likeness (QED) is 0.726. The molecule has 6 nitrogen and oxygen atoms in total. The normalized spacial score (nSPS) is 27.1. The summed E-state index contributed by atoms with van der Waals surface area (Å²) in [5.74, 6) is -0.960. The molecule has 3 fully saturated rings. The van der Waals surface area contributed by atoms with Gasteiger partial charge in [0.1, 0.15) is 10.6 Å². The van der Waals surface area contributed by atoms with Gasteiger partial charge in [0.05, 0.1) is 11.3 Å². The zero-order chi connectivity index (χ0) is 20.1. The molecule has 1 amide bonds. The van der Waals surface area contributed by atoms with Gasteiger partial charge in [-0.1, -0.05) is 11.6 Å². The van der Waals surface area contributed by atoms with Gasteiger partial charge in [-0.2, -0.15) is 0 Å². The molecule has 1 atom stereocenters. The van der Waals surface area contributed by atoms with Crippen molar-refractivity contribution in [2.75, 3.05) is 58.6 Å². The molecule has 0 saturated carbocycles. The van der Waals surface area contributed by atoms with E-state index in [-0.39, 0.29) is 35.3 Å².